The normalized spacial score (nSPS) is 11.2. The number of nitrogens with zero attached hydrogens (tertiary/aromatic N) is 1. The molecule has 0 radical (unpaired) electrons. The lowest BCUT2D eigenvalue weighted by Crippen LogP contribution is -2.33. The Kier molecular flexibility index (Phi) is 7.84. The topological polar surface area (TPSA) is 116 Å². The molecule has 7 nitrogen and oxygen atoms in total. The van der Waals surface area contributed by atoms with Crippen LogP contribution in [0.25, 0.3) is 0 Å². The first-order chi connectivity index (χ1) is 11.3. The van der Waals surface area contributed by atoms with Gasteiger partial charge in [0, 0.05) is 6.20 Å². The molecule has 1 amide bonds. The van der Waals surface area contributed by atoms with E-state index in [1.807, 2.05) is 18.6 Å². The number of unbranched alkanes of at least 4 members (excludes halogenated alkanes) is 3. The first-order valence-corrected chi connectivity index (χ1v) is 9.71. The lowest BCUT2D eigenvalue weighted by molar-refractivity contribution is -0.255. The summed E-state index contributed by atoms with van der Waals surface area (Å²) in [6.45, 7) is 3.87. The van der Waals surface area contributed by atoms with Gasteiger partial charge in [-0.2, -0.15) is 0 Å². The average Bonchev–Trinajstić information content (AvgIpc) is 2.52. The van der Waals surface area contributed by atoms with E-state index >= 15 is 0 Å². The fourth-order valence-electron chi connectivity index (χ4n) is 2.16. The van der Waals surface area contributed by atoms with Crippen molar-refractivity contribution < 1.29 is 23.1 Å². The fraction of sp³-hybridized carbons (Fsp3) is 0.562. The number of carboxylic acid groups (broad SMARTS) is 1. The highest BCUT2D eigenvalue weighted by Gasteiger charge is 2.17. The molecule has 1 aromatic heterocycles. The van der Waals surface area contributed by atoms with Gasteiger partial charge in [0.1, 0.15) is 0 Å². The van der Waals surface area contributed by atoms with Crippen LogP contribution >= 0.6 is 0 Å². The number of amides is 1. The lowest BCUT2D eigenvalue weighted by atomic mass is 10.0. The van der Waals surface area contributed by atoms with Crippen molar-refractivity contribution in [3.8, 4) is 0 Å². The van der Waals surface area contributed by atoms with E-state index in [0.717, 1.165) is 25.5 Å². The quantitative estimate of drug-likeness (QED) is 0.627. The number of hydrogen-bond acceptors (Lipinski definition) is 6. The number of hydrogen-bond donors (Lipinski definition) is 1. The van der Waals surface area contributed by atoms with Gasteiger partial charge in [-0.1, -0.05) is 33.1 Å². The van der Waals surface area contributed by atoms with Gasteiger partial charge in [-0.25, -0.2) is 13.1 Å². The third kappa shape index (κ3) is 6.27. The van der Waals surface area contributed by atoms with E-state index in [2.05, 4.69) is 4.98 Å². The first-order valence-electron chi connectivity index (χ1n) is 8.05. The van der Waals surface area contributed by atoms with Crippen LogP contribution in [0.2, 0.25) is 0 Å². The van der Waals surface area contributed by atoms with Gasteiger partial charge < -0.3 is 9.90 Å². The third-order valence-corrected chi connectivity index (χ3v) is 4.81. The number of aromatic carboxylic acids is 1. The number of carboxylic acids is 1. The van der Waals surface area contributed by atoms with Crippen molar-refractivity contribution >= 4 is 21.9 Å². The number of pyridine rings is 1. The zero-order valence-electron chi connectivity index (χ0n) is 14.0. The molecule has 0 saturated carbocycles. The molecule has 0 aliphatic heterocycles. The second kappa shape index (κ2) is 9.36. The molecule has 1 aromatic rings. The number of nitrogens with one attached hydrogen (secondary N) is 1. The molecular formula is C16H23N2O5S-. The molecule has 0 bridgehead atoms. The smallest absolute Gasteiger partial charge is 0.266 e. The van der Waals surface area contributed by atoms with Crippen LogP contribution in [0, 0.1) is 0 Å². The first kappa shape index (κ1) is 20.1. The number of carbonyl (C=O) groups excluding carboxylic acids is 2. The molecule has 0 fully saturated rings. The molecule has 1 N–H and O–H groups in total. The minimum atomic E-state index is -3.71. The Balaban J connectivity index is 2.96. The molecule has 0 aliphatic carbocycles. The Morgan fingerprint density at radius 2 is 1.83 bits per heavy atom. The van der Waals surface area contributed by atoms with Crippen molar-refractivity contribution in [2.75, 3.05) is 5.75 Å². The molecule has 0 unspecified atom stereocenters. The molecule has 0 atom stereocenters. The van der Waals surface area contributed by atoms with E-state index < -0.39 is 21.9 Å². The number of aromatic nitrogens is 1. The molecule has 1 rings (SSSR count). The molecule has 1 heterocycles. The van der Waals surface area contributed by atoms with Crippen LogP contribution in [0.5, 0.6) is 0 Å². The van der Waals surface area contributed by atoms with Crippen molar-refractivity contribution in [1.29, 1.82) is 0 Å². The summed E-state index contributed by atoms with van der Waals surface area (Å²) >= 11 is 0. The summed E-state index contributed by atoms with van der Waals surface area (Å²) in [5, 5.41) is 11.1. The van der Waals surface area contributed by atoms with E-state index in [0.29, 0.717) is 24.8 Å². The summed E-state index contributed by atoms with van der Waals surface area (Å²) in [7, 11) is -3.71. The predicted octanol–water partition coefficient (Wildman–Crippen LogP) is 1.04. The van der Waals surface area contributed by atoms with Gasteiger partial charge in [-0.15, -0.1) is 0 Å². The average molecular weight is 355 g/mol. The lowest BCUT2D eigenvalue weighted by Gasteiger charge is -2.12. The molecule has 134 valence electrons. The van der Waals surface area contributed by atoms with Crippen LogP contribution in [0.15, 0.2) is 12.3 Å². The predicted molar refractivity (Wildman–Crippen MR) is 88.0 cm³/mol. The van der Waals surface area contributed by atoms with Crippen molar-refractivity contribution in [2.45, 2.75) is 52.4 Å². The zero-order valence-corrected chi connectivity index (χ0v) is 14.8. The van der Waals surface area contributed by atoms with Crippen LogP contribution in [0.3, 0.4) is 0 Å². The van der Waals surface area contributed by atoms with Crippen LogP contribution < -0.4 is 9.83 Å². The maximum absolute atomic E-state index is 12.1. The van der Waals surface area contributed by atoms with Gasteiger partial charge in [0.25, 0.3) is 5.91 Å². The highest BCUT2D eigenvalue weighted by atomic mass is 32.2. The number of rotatable bonds is 10. The van der Waals surface area contributed by atoms with Gasteiger partial charge in [-0.3, -0.25) is 9.78 Å². The van der Waals surface area contributed by atoms with E-state index in [1.54, 1.807) is 0 Å². The van der Waals surface area contributed by atoms with Gasteiger partial charge in [0.2, 0.25) is 10.0 Å². The highest BCUT2D eigenvalue weighted by Crippen LogP contribution is 2.13. The molecular weight excluding hydrogens is 332 g/mol. The SMILES string of the molecule is CCCCCc1cc(C(=O)NS(=O)(=O)CCCC)cnc1C(=O)[O-]. The summed E-state index contributed by atoms with van der Waals surface area (Å²) in [6, 6.07) is 1.37. The van der Waals surface area contributed by atoms with Crippen molar-refractivity contribution in [3.63, 3.8) is 0 Å². The van der Waals surface area contributed by atoms with Crippen molar-refractivity contribution in [2.24, 2.45) is 0 Å². The molecule has 0 saturated heterocycles. The summed E-state index contributed by atoms with van der Waals surface area (Å²) in [5.74, 6) is -2.35. The molecule has 24 heavy (non-hydrogen) atoms. The van der Waals surface area contributed by atoms with Gasteiger partial charge in [-0.05, 0) is 30.9 Å². The van der Waals surface area contributed by atoms with Crippen LogP contribution in [0.4, 0.5) is 0 Å². The maximum atomic E-state index is 12.1. The molecule has 0 aromatic carbocycles. The minimum Gasteiger partial charge on any atom is -0.543 e. The Morgan fingerprint density at radius 1 is 1.17 bits per heavy atom. The second-order valence-corrected chi connectivity index (χ2v) is 7.42. The second-order valence-electron chi connectivity index (χ2n) is 5.58. The summed E-state index contributed by atoms with van der Waals surface area (Å²) < 4.78 is 25.6. The highest BCUT2D eigenvalue weighted by molar-refractivity contribution is 7.90. The molecule has 0 aliphatic rings. The Bertz CT molecular complexity index is 686. The summed E-state index contributed by atoms with van der Waals surface area (Å²) in [5.41, 5.74) is 0.185. The van der Waals surface area contributed by atoms with Crippen molar-refractivity contribution in [1.82, 2.24) is 9.71 Å². The minimum absolute atomic E-state index is 0.0200. The fourth-order valence-corrected chi connectivity index (χ4v) is 3.33. The summed E-state index contributed by atoms with van der Waals surface area (Å²) in [6.07, 6.45) is 5.26. The van der Waals surface area contributed by atoms with Crippen LogP contribution in [0.1, 0.15) is 72.4 Å². The molecule has 0 spiro atoms. The number of carbonyl (C=O) groups is 2. The number of aryl methyl sites for hydroxylation is 1. The van der Waals surface area contributed by atoms with Gasteiger partial charge in [0.15, 0.2) is 0 Å². The van der Waals surface area contributed by atoms with E-state index in [-0.39, 0.29) is 17.0 Å². The van der Waals surface area contributed by atoms with Crippen LogP contribution in [-0.4, -0.2) is 31.0 Å². The largest absolute Gasteiger partial charge is 0.543 e. The standard InChI is InChI=1S/C16H24N2O5S/c1-3-5-7-8-12-10-13(11-17-14(12)16(20)21)15(19)18-24(22,23)9-6-4-2/h10-11H,3-9H2,1-2H3,(H,18,19)(H,20,21)/p-1. The number of sulfonamides is 1. The monoisotopic (exact) mass is 355 g/mol. The maximum Gasteiger partial charge on any atom is 0.266 e. The Morgan fingerprint density at radius 3 is 2.42 bits per heavy atom. The molecule has 8 heteroatoms. The van der Waals surface area contributed by atoms with E-state index in [1.165, 1.54) is 6.07 Å². The Hall–Kier alpha value is -1.96. The van der Waals surface area contributed by atoms with E-state index in [9.17, 15) is 23.1 Å². The van der Waals surface area contributed by atoms with Gasteiger partial charge >= 0.3 is 0 Å². The Labute approximate surface area is 142 Å². The third-order valence-electron chi connectivity index (χ3n) is 3.49. The zero-order chi connectivity index (χ0) is 18.2. The van der Waals surface area contributed by atoms with Crippen LogP contribution in [-0.2, 0) is 16.4 Å². The summed E-state index contributed by atoms with van der Waals surface area (Å²) in [4.78, 5) is 27.0. The van der Waals surface area contributed by atoms with Gasteiger partial charge in [0.05, 0.1) is 23.0 Å². The van der Waals surface area contributed by atoms with Crippen molar-refractivity contribution in [3.05, 3.63) is 29.1 Å². The van der Waals surface area contributed by atoms with E-state index in [4.69, 9.17) is 0 Å².